The van der Waals surface area contributed by atoms with Crippen molar-refractivity contribution in [3.05, 3.63) is 63.6 Å². The normalized spacial score (nSPS) is 20.8. The maximum atomic E-state index is 12.7. The molecule has 2 aliphatic rings. The lowest BCUT2D eigenvalue weighted by Gasteiger charge is -2.34. The van der Waals surface area contributed by atoms with Gasteiger partial charge in [0.1, 0.15) is 17.1 Å². The second-order valence-corrected chi connectivity index (χ2v) is 8.10. The van der Waals surface area contributed by atoms with Crippen LogP contribution in [0.4, 0.5) is 0 Å². The highest BCUT2D eigenvalue weighted by Gasteiger charge is 2.46. The summed E-state index contributed by atoms with van der Waals surface area (Å²) in [6.07, 6.45) is 3.99. The minimum Gasteiger partial charge on any atom is -0.497 e. The predicted octanol–water partition coefficient (Wildman–Crippen LogP) is 4.65. The first-order chi connectivity index (χ1) is 13.9. The molecule has 0 saturated carbocycles. The summed E-state index contributed by atoms with van der Waals surface area (Å²) in [6.45, 7) is 0.887. The summed E-state index contributed by atoms with van der Waals surface area (Å²) in [6, 6.07) is 10.3. The Labute approximate surface area is 178 Å². The number of hydrogen-bond acceptors (Lipinski definition) is 4. The molecule has 1 fully saturated rings. The predicted molar refractivity (Wildman–Crippen MR) is 112 cm³/mol. The monoisotopic (exact) mass is 431 g/mol. The van der Waals surface area contributed by atoms with E-state index in [4.69, 9.17) is 32.7 Å². The van der Waals surface area contributed by atoms with Gasteiger partial charge >= 0.3 is 0 Å². The molecule has 1 unspecified atom stereocenters. The summed E-state index contributed by atoms with van der Waals surface area (Å²) in [4.78, 5) is 27.0. The van der Waals surface area contributed by atoms with Crippen molar-refractivity contribution in [3.63, 3.8) is 0 Å². The molecule has 1 amide bonds. The van der Waals surface area contributed by atoms with E-state index in [0.29, 0.717) is 52.2 Å². The summed E-state index contributed by atoms with van der Waals surface area (Å²) in [5.41, 5.74) is 0.558. The van der Waals surface area contributed by atoms with Crippen LogP contribution in [0, 0.1) is 0 Å². The molecule has 4 rings (SSSR count). The fourth-order valence-corrected chi connectivity index (χ4v) is 4.24. The van der Waals surface area contributed by atoms with Crippen LogP contribution in [0.5, 0.6) is 11.5 Å². The maximum absolute atomic E-state index is 12.7. The Morgan fingerprint density at radius 3 is 2.83 bits per heavy atom. The van der Waals surface area contributed by atoms with Gasteiger partial charge in [-0.25, -0.2) is 0 Å². The van der Waals surface area contributed by atoms with E-state index >= 15 is 0 Å². The number of fused-ring (bicyclic) bond motifs is 1. The molecule has 0 N–H and O–H groups in total. The SMILES string of the molecule is COc1ccc2c(c1)C(=O)CC1(CCN(C(=O)/C=C/c3ccc(Cl)cc3Cl)C1)O2. The minimum absolute atomic E-state index is 0.00272. The second kappa shape index (κ2) is 7.73. The van der Waals surface area contributed by atoms with Gasteiger partial charge in [0, 0.05) is 29.1 Å². The van der Waals surface area contributed by atoms with E-state index in [1.54, 1.807) is 54.5 Å². The number of ether oxygens (including phenoxy) is 2. The van der Waals surface area contributed by atoms with Gasteiger partial charge in [0.05, 0.1) is 25.6 Å². The van der Waals surface area contributed by atoms with E-state index in [9.17, 15) is 9.59 Å². The number of methoxy groups -OCH3 is 1. The highest BCUT2D eigenvalue weighted by molar-refractivity contribution is 6.35. The van der Waals surface area contributed by atoms with Crippen molar-refractivity contribution in [2.75, 3.05) is 20.2 Å². The van der Waals surface area contributed by atoms with Gasteiger partial charge in [0.2, 0.25) is 5.91 Å². The van der Waals surface area contributed by atoms with Gasteiger partial charge in [-0.05, 0) is 42.0 Å². The Morgan fingerprint density at radius 1 is 1.24 bits per heavy atom. The first kappa shape index (κ1) is 19.8. The largest absolute Gasteiger partial charge is 0.497 e. The fraction of sp³-hybridized carbons (Fsp3) is 0.273. The molecular formula is C22H19Cl2NO4. The number of benzene rings is 2. The number of rotatable bonds is 3. The fourth-order valence-electron chi connectivity index (χ4n) is 3.76. The number of carbonyl (C=O) groups is 2. The molecule has 2 heterocycles. The average molecular weight is 432 g/mol. The molecule has 5 nitrogen and oxygen atoms in total. The van der Waals surface area contributed by atoms with E-state index in [1.165, 1.54) is 6.08 Å². The Balaban J connectivity index is 1.47. The van der Waals surface area contributed by atoms with Crippen LogP contribution in [-0.4, -0.2) is 42.4 Å². The van der Waals surface area contributed by atoms with Crippen molar-refractivity contribution in [2.45, 2.75) is 18.4 Å². The van der Waals surface area contributed by atoms with Gasteiger partial charge in [-0.3, -0.25) is 9.59 Å². The number of halogens is 2. The van der Waals surface area contributed by atoms with Crippen LogP contribution < -0.4 is 9.47 Å². The lowest BCUT2D eigenvalue weighted by atomic mass is 9.89. The quantitative estimate of drug-likeness (QED) is 0.663. The van der Waals surface area contributed by atoms with Crippen molar-refractivity contribution in [1.29, 1.82) is 0 Å². The van der Waals surface area contributed by atoms with Crippen molar-refractivity contribution >= 4 is 41.0 Å². The van der Waals surface area contributed by atoms with Crippen LogP contribution in [0.3, 0.4) is 0 Å². The minimum atomic E-state index is -0.680. The molecule has 7 heteroatoms. The lowest BCUT2D eigenvalue weighted by Crippen LogP contribution is -2.45. The van der Waals surface area contributed by atoms with Crippen molar-refractivity contribution in [1.82, 2.24) is 4.90 Å². The molecule has 2 aliphatic heterocycles. The van der Waals surface area contributed by atoms with Gasteiger partial charge < -0.3 is 14.4 Å². The van der Waals surface area contributed by atoms with E-state index in [1.807, 2.05) is 0 Å². The van der Waals surface area contributed by atoms with Gasteiger partial charge in [0.15, 0.2) is 5.78 Å². The molecule has 1 atom stereocenters. The number of carbonyl (C=O) groups excluding carboxylic acids is 2. The zero-order chi connectivity index (χ0) is 20.6. The molecule has 29 heavy (non-hydrogen) atoms. The van der Waals surface area contributed by atoms with E-state index in [2.05, 4.69) is 0 Å². The first-order valence-electron chi connectivity index (χ1n) is 9.21. The Kier molecular flexibility index (Phi) is 5.28. The topological polar surface area (TPSA) is 55.8 Å². The smallest absolute Gasteiger partial charge is 0.246 e. The van der Waals surface area contributed by atoms with Crippen LogP contribution in [0.25, 0.3) is 6.08 Å². The van der Waals surface area contributed by atoms with Gasteiger partial charge in [-0.15, -0.1) is 0 Å². The van der Waals surface area contributed by atoms with Crippen molar-refractivity contribution < 1.29 is 19.1 Å². The zero-order valence-corrected chi connectivity index (χ0v) is 17.3. The summed E-state index contributed by atoms with van der Waals surface area (Å²) >= 11 is 12.0. The lowest BCUT2D eigenvalue weighted by molar-refractivity contribution is -0.125. The summed E-state index contributed by atoms with van der Waals surface area (Å²) in [5, 5.41) is 1.02. The number of Topliss-reactive ketones (excluding diaryl/α,β-unsaturated/α-hetero) is 1. The Bertz CT molecular complexity index is 1020. The number of hydrogen-bond donors (Lipinski definition) is 0. The standard InChI is InChI=1S/C22H19Cl2NO4/c1-28-16-5-6-20-17(11-16)19(26)12-22(29-20)8-9-25(13-22)21(27)7-3-14-2-4-15(23)10-18(14)24/h2-7,10-11H,8-9,12-13H2,1H3/b7-3+. The van der Waals surface area contributed by atoms with Crippen LogP contribution in [0.15, 0.2) is 42.5 Å². The Hall–Kier alpha value is -2.50. The molecule has 1 spiro atoms. The van der Waals surface area contributed by atoms with E-state index < -0.39 is 5.60 Å². The molecule has 0 aromatic heterocycles. The molecule has 2 aromatic carbocycles. The Morgan fingerprint density at radius 2 is 2.07 bits per heavy atom. The van der Waals surface area contributed by atoms with Crippen LogP contribution in [0.1, 0.15) is 28.8 Å². The van der Waals surface area contributed by atoms with Crippen LogP contribution >= 0.6 is 23.2 Å². The van der Waals surface area contributed by atoms with Gasteiger partial charge in [0.25, 0.3) is 0 Å². The number of ketones is 1. The van der Waals surface area contributed by atoms with Crippen molar-refractivity contribution in [3.8, 4) is 11.5 Å². The summed E-state index contributed by atoms with van der Waals surface area (Å²) < 4.78 is 11.4. The highest BCUT2D eigenvalue weighted by Crippen LogP contribution is 2.40. The molecule has 0 radical (unpaired) electrons. The third-order valence-corrected chi connectivity index (χ3v) is 5.85. The third kappa shape index (κ3) is 3.98. The summed E-state index contributed by atoms with van der Waals surface area (Å²) in [5.74, 6) is 1.01. The second-order valence-electron chi connectivity index (χ2n) is 7.26. The molecule has 0 aliphatic carbocycles. The number of nitrogens with zero attached hydrogens (tertiary/aromatic N) is 1. The third-order valence-electron chi connectivity index (χ3n) is 5.29. The van der Waals surface area contributed by atoms with Gasteiger partial charge in [-0.2, -0.15) is 0 Å². The first-order valence-corrected chi connectivity index (χ1v) is 9.97. The van der Waals surface area contributed by atoms with Crippen LogP contribution in [0.2, 0.25) is 10.0 Å². The molecule has 0 bridgehead atoms. The molecule has 150 valence electrons. The van der Waals surface area contributed by atoms with E-state index in [-0.39, 0.29) is 18.1 Å². The molecular weight excluding hydrogens is 413 g/mol. The maximum Gasteiger partial charge on any atom is 0.246 e. The highest BCUT2D eigenvalue weighted by atomic mass is 35.5. The average Bonchev–Trinajstić information content (AvgIpc) is 3.10. The number of amides is 1. The van der Waals surface area contributed by atoms with Crippen LogP contribution in [-0.2, 0) is 4.79 Å². The number of likely N-dealkylation sites (tertiary alicyclic amines) is 1. The van der Waals surface area contributed by atoms with E-state index in [0.717, 1.165) is 0 Å². The van der Waals surface area contributed by atoms with Gasteiger partial charge in [-0.1, -0.05) is 29.3 Å². The molecule has 1 saturated heterocycles. The molecule has 2 aromatic rings. The zero-order valence-electron chi connectivity index (χ0n) is 15.8. The van der Waals surface area contributed by atoms with Crippen molar-refractivity contribution in [2.24, 2.45) is 0 Å². The summed E-state index contributed by atoms with van der Waals surface area (Å²) in [7, 11) is 1.56.